The first-order chi connectivity index (χ1) is 50.8. The summed E-state index contributed by atoms with van der Waals surface area (Å²) in [5.74, 6) is -0.797. The summed E-state index contributed by atoms with van der Waals surface area (Å²) in [7, 11) is -4.40. The summed E-state index contributed by atoms with van der Waals surface area (Å²) in [5, 5.41) is 0. The third kappa shape index (κ3) is 88.8. The van der Waals surface area contributed by atoms with Gasteiger partial charge in [0.05, 0.1) is 13.2 Å². The number of carbonyl (C=O) groups excluding carboxylic acids is 2. The summed E-state index contributed by atoms with van der Waals surface area (Å²) >= 11 is 0. The van der Waals surface area contributed by atoms with Gasteiger partial charge in [-0.15, -0.1) is 0 Å². The van der Waals surface area contributed by atoms with Crippen molar-refractivity contribution >= 4 is 19.8 Å². The largest absolute Gasteiger partial charge is 0.472 e. The quantitative estimate of drug-likeness (QED) is 0.0264. The maximum Gasteiger partial charge on any atom is 0.472 e. The number of ether oxygens (including phenoxy) is 2. The van der Waals surface area contributed by atoms with E-state index in [9.17, 15) is 19.0 Å². The minimum Gasteiger partial charge on any atom is -0.462 e. The lowest BCUT2D eigenvalue weighted by atomic mass is 10.0. The fourth-order valence-corrected chi connectivity index (χ4v) is 15.1. The van der Waals surface area contributed by atoms with Gasteiger partial charge in [-0.05, 0) is 77.0 Å². The van der Waals surface area contributed by atoms with Crippen LogP contribution < -0.4 is 5.73 Å². The Hall–Kier alpha value is -2.03. The van der Waals surface area contributed by atoms with Gasteiger partial charge in [0, 0.05) is 19.4 Å². The van der Waals surface area contributed by atoms with E-state index in [4.69, 9.17) is 24.3 Å². The van der Waals surface area contributed by atoms with Gasteiger partial charge in [0.15, 0.2) is 6.10 Å². The molecule has 0 rings (SSSR count). The second-order valence-electron chi connectivity index (χ2n) is 31.5. The van der Waals surface area contributed by atoms with E-state index in [2.05, 4.69) is 62.5 Å². The molecule has 0 saturated carbocycles. The summed E-state index contributed by atoms with van der Waals surface area (Å²) < 4.78 is 33.4. The van der Waals surface area contributed by atoms with E-state index >= 15 is 0 Å². The monoisotopic (exact) mass is 1470 g/mol. The van der Waals surface area contributed by atoms with Crippen molar-refractivity contribution in [2.24, 2.45) is 5.73 Å². The highest BCUT2D eigenvalue weighted by Gasteiger charge is 2.26. The van der Waals surface area contributed by atoms with Crippen molar-refractivity contribution in [2.75, 3.05) is 26.4 Å². The fraction of sp³-hybridized carbons (Fsp3) is 0.892. The van der Waals surface area contributed by atoms with Crippen molar-refractivity contribution < 1.29 is 37.6 Å². The molecular weight excluding hydrogens is 1290 g/mol. The number of phosphoric acid groups is 1. The normalized spacial score (nSPS) is 12.9. The number of phosphoric ester groups is 1. The number of esters is 2. The number of rotatable bonds is 89. The van der Waals surface area contributed by atoms with Crippen molar-refractivity contribution in [3.8, 4) is 0 Å². The Morgan fingerprint density at radius 1 is 0.291 bits per heavy atom. The van der Waals surface area contributed by atoms with Crippen LogP contribution in [-0.4, -0.2) is 49.3 Å². The van der Waals surface area contributed by atoms with Crippen molar-refractivity contribution in [3.05, 3.63) is 48.6 Å². The average molecular weight is 1470 g/mol. The molecule has 2 unspecified atom stereocenters. The Morgan fingerprint density at radius 2 is 0.505 bits per heavy atom. The molecule has 0 aromatic carbocycles. The molecule has 9 nitrogen and oxygen atoms in total. The first kappa shape index (κ1) is 101. The zero-order valence-electron chi connectivity index (χ0n) is 69.1. The van der Waals surface area contributed by atoms with Gasteiger partial charge in [0.1, 0.15) is 6.61 Å². The predicted molar refractivity (Wildman–Crippen MR) is 450 cm³/mol. The lowest BCUT2D eigenvalue weighted by molar-refractivity contribution is -0.161. The standard InChI is InChI=1S/C93H178NO8P/c1-3-5-7-9-11-13-15-17-19-21-23-25-27-29-31-33-35-37-39-41-43-45-47-49-51-53-55-57-59-61-63-65-67-69-71-73-75-77-79-81-83-85-92(95)99-89-91(90-101-103(97,98)100-88-87-94)102-93(96)86-84-82-80-78-76-74-72-70-68-66-64-62-60-58-56-54-52-50-48-46-44-42-40-38-36-34-32-30-28-26-24-22-20-18-16-14-12-10-8-6-4-2/h16,18,21-24,28,30,91H,3-15,17,19-20,25-27,29,31-90,94H2,1-2H3,(H,97,98)/b18-16-,23-21-,24-22-,30-28-. The summed E-state index contributed by atoms with van der Waals surface area (Å²) in [6, 6.07) is 0. The first-order valence-corrected chi connectivity index (χ1v) is 47.6. The number of unbranched alkanes of at least 4 members (excludes halogenated alkanes) is 68. The van der Waals surface area contributed by atoms with Gasteiger partial charge in [-0.3, -0.25) is 18.6 Å². The van der Waals surface area contributed by atoms with Crippen LogP contribution in [0.2, 0.25) is 0 Å². The number of hydrogen-bond donors (Lipinski definition) is 2. The van der Waals surface area contributed by atoms with Gasteiger partial charge >= 0.3 is 19.8 Å². The number of carbonyl (C=O) groups is 2. The average Bonchev–Trinajstić information content (AvgIpc) is 0.970. The molecule has 103 heavy (non-hydrogen) atoms. The molecule has 0 aromatic heterocycles. The molecule has 0 aliphatic carbocycles. The Morgan fingerprint density at radius 3 is 0.757 bits per heavy atom. The van der Waals surface area contributed by atoms with Crippen LogP contribution >= 0.6 is 7.82 Å². The lowest BCUT2D eigenvalue weighted by Gasteiger charge is -2.19. The smallest absolute Gasteiger partial charge is 0.462 e. The molecule has 0 saturated heterocycles. The molecule has 0 spiro atoms. The molecule has 2 atom stereocenters. The van der Waals surface area contributed by atoms with Crippen LogP contribution in [0.5, 0.6) is 0 Å². The molecule has 0 aliphatic rings. The van der Waals surface area contributed by atoms with Crippen LogP contribution in [-0.2, 0) is 32.7 Å². The van der Waals surface area contributed by atoms with Crippen LogP contribution in [0.15, 0.2) is 48.6 Å². The molecule has 608 valence electrons. The topological polar surface area (TPSA) is 134 Å². The van der Waals surface area contributed by atoms with Crippen LogP contribution in [0, 0.1) is 0 Å². The Balaban J connectivity index is 3.68. The van der Waals surface area contributed by atoms with Crippen molar-refractivity contribution in [2.45, 2.75) is 508 Å². The molecule has 10 heteroatoms. The molecule has 3 N–H and O–H groups in total. The maximum absolute atomic E-state index is 12.8. The highest BCUT2D eigenvalue weighted by Crippen LogP contribution is 2.43. The van der Waals surface area contributed by atoms with E-state index in [1.165, 1.54) is 424 Å². The van der Waals surface area contributed by atoms with Crippen molar-refractivity contribution in [3.63, 3.8) is 0 Å². The molecular formula is C93H178NO8P. The van der Waals surface area contributed by atoms with E-state index < -0.39 is 26.5 Å². The minimum absolute atomic E-state index is 0.0568. The Labute approximate surface area is 642 Å². The number of nitrogens with two attached hydrogens (primary N) is 1. The van der Waals surface area contributed by atoms with E-state index in [0.29, 0.717) is 6.42 Å². The van der Waals surface area contributed by atoms with Gasteiger partial charge in [0.2, 0.25) is 0 Å². The van der Waals surface area contributed by atoms with Crippen LogP contribution in [0.1, 0.15) is 502 Å². The molecule has 0 fully saturated rings. The Bertz CT molecular complexity index is 1840. The van der Waals surface area contributed by atoms with Crippen LogP contribution in [0.3, 0.4) is 0 Å². The second kappa shape index (κ2) is 88.9. The van der Waals surface area contributed by atoms with Gasteiger partial charge in [-0.25, -0.2) is 4.57 Å². The molecule has 0 radical (unpaired) electrons. The molecule has 0 aliphatic heterocycles. The zero-order chi connectivity index (χ0) is 74.3. The van der Waals surface area contributed by atoms with Gasteiger partial charge in [-0.2, -0.15) is 0 Å². The summed E-state index contributed by atoms with van der Waals surface area (Å²) in [4.78, 5) is 35.6. The second-order valence-corrected chi connectivity index (χ2v) is 33.0. The first-order valence-electron chi connectivity index (χ1n) is 46.1. The van der Waals surface area contributed by atoms with Gasteiger partial charge in [-0.1, -0.05) is 461 Å². The highest BCUT2D eigenvalue weighted by molar-refractivity contribution is 7.47. The van der Waals surface area contributed by atoms with Gasteiger partial charge < -0.3 is 20.1 Å². The van der Waals surface area contributed by atoms with E-state index in [0.717, 1.165) is 44.9 Å². The molecule has 0 bridgehead atoms. The van der Waals surface area contributed by atoms with E-state index in [1.54, 1.807) is 0 Å². The summed E-state index contributed by atoms with van der Waals surface area (Å²) in [6.45, 7) is 3.83. The lowest BCUT2D eigenvalue weighted by Crippen LogP contribution is -2.29. The SMILES string of the molecule is CCCCCCC/C=C\C/C=C\C/C=C\CCCCCCCCCCCCCCCCCCCCCCCCCCCCC(=O)OC(COC(=O)CCCCCCCCCCCCCCCCCCCCCCCCCCCCCCC/C=C\CCCCCCCCCC)COP(=O)(O)OCCN. The van der Waals surface area contributed by atoms with E-state index in [-0.39, 0.29) is 38.6 Å². The highest BCUT2D eigenvalue weighted by atomic mass is 31.2. The third-order valence-electron chi connectivity index (χ3n) is 21.2. The summed E-state index contributed by atoms with van der Waals surface area (Å²) in [6.07, 6.45) is 117. The fourth-order valence-electron chi connectivity index (χ4n) is 14.4. The zero-order valence-corrected chi connectivity index (χ0v) is 70.0. The van der Waals surface area contributed by atoms with Crippen LogP contribution in [0.25, 0.3) is 0 Å². The number of allylic oxidation sites excluding steroid dienone is 8. The maximum atomic E-state index is 12.8. The molecule has 0 aromatic rings. The van der Waals surface area contributed by atoms with Gasteiger partial charge in [0.25, 0.3) is 0 Å². The Kier molecular flexibility index (Phi) is 87.1. The minimum atomic E-state index is -4.40. The molecule has 0 heterocycles. The third-order valence-corrected chi connectivity index (χ3v) is 22.2. The van der Waals surface area contributed by atoms with Crippen molar-refractivity contribution in [1.82, 2.24) is 0 Å². The molecule has 0 amide bonds. The van der Waals surface area contributed by atoms with Crippen molar-refractivity contribution in [1.29, 1.82) is 0 Å². The number of hydrogen-bond acceptors (Lipinski definition) is 8. The van der Waals surface area contributed by atoms with Crippen LogP contribution in [0.4, 0.5) is 0 Å². The van der Waals surface area contributed by atoms with E-state index in [1.807, 2.05) is 0 Å². The predicted octanol–water partition coefficient (Wildman–Crippen LogP) is 31.4. The summed E-state index contributed by atoms with van der Waals surface area (Å²) in [5.41, 5.74) is 5.43.